The van der Waals surface area contributed by atoms with Crippen LogP contribution in [-0.2, 0) is 18.8 Å². The summed E-state index contributed by atoms with van der Waals surface area (Å²) in [7, 11) is -4.09. The fourth-order valence-electron chi connectivity index (χ4n) is 0.229. The molecule has 0 aromatic carbocycles. The van der Waals surface area contributed by atoms with Gasteiger partial charge in [0.15, 0.2) is 0 Å². The van der Waals surface area contributed by atoms with Gasteiger partial charge in [-0.3, -0.25) is 0 Å². The molecular weight excluding hydrogens is 207 g/mol. The van der Waals surface area contributed by atoms with Crippen molar-refractivity contribution >= 4 is 20.7 Å². The summed E-state index contributed by atoms with van der Waals surface area (Å²) in [5.74, 6) is -4.28. The number of hydrogen-bond donors (Lipinski definition) is 0. The molecule has 0 aromatic rings. The average Bonchev–Trinajstić information content (AvgIpc) is 1.84. The monoisotopic (exact) mass is 208 g/mol. The minimum atomic E-state index is -4.09. The SMILES string of the molecule is O=C(OC(F)F)C(=O)OP(F)F. The Morgan fingerprint density at radius 1 is 1.17 bits per heavy atom. The molecule has 0 saturated heterocycles. The maximum absolute atomic E-state index is 11.2. The van der Waals surface area contributed by atoms with Crippen LogP contribution in [0.3, 0.4) is 0 Å². The smallest absolute Gasteiger partial charge is 0.395 e. The Kier molecular flexibility index (Phi) is 4.50. The summed E-state index contributed by atoms with van der Waals surface area (Å²) in [6, 6.07) is 0. The zero-order valence-corrected chi connectivity index (χ0v) is 6.06. The van der Waals surface area contributed by atoms with Crippen LogP contribution in [0.1, 0.15) is 0 Å². The van der Waals surface area contributed by atoms with Crippen molar-refractivity contribution in [1.29, 1.82) is 0 Å². The molecule has 0 heterocycles. The van der Waals surface area contributed by atoms with Gasteiger partial charge in [-0.05, 0) is 0 Å². The second-order valence-electron chi connectivity index (χ2n) is 1.25. The van der Waals surface area contributed by atoms with Gasteiger partial charge < -0.3 is 9.26 Å². The van der Waals surface area contributed by atoms with Gasteiger partial charge in [-0.2, -0.15) is 8.78 Å². The molecule has 0 N–H and O–H groups in total. The van der Waals surface area contributed by atoms with Crippen molar-refractivity contribution in [2.45, 2.75) is 6.61 Å². The number of rotatable bonds is 2. The first-order chi connectivity index (χ1) is 5.43. The number of esters is 1. The van der Waals surface area contributed by atoms with E-state index in [1.807, 2.05) is 0 Å². The Hall–Kier alpha value is -0.910. The lowest BCUT2D eigenvalue weighted by Crippen LogP contribution is -2.20. The minimum Gasteiger partial charge on any atom is -0.395 e. The van der Waals surface area contributed by atoms with Gasteiger partial charge in [0, 0.05) is 0 Å². The summed E-state index contributed by atoms with van der Waals surface area (Å²) in [5, 5.41) is 0. The molecule has 0 aliphatic carbocycles. The molecule has 0 unspecified atom stereocenters. The Morgan fingerprint density at radius 2 is 1.67 bits per heavy atom. The quantitative estimate of drug-likeness (QED) is 0.298. The van der Waals surface area contributed by atoms with E-state index in [1.165, 1.54) is 0 Å². The molecule has 0 radical (unpaired) electrons. The molecule has 0 rings (SSSR count). The third kappa shape index (κ3) is 4.84. The number of hydrogen-bond acceptors (Lipinski definition) is 4. The van der Waals surface area contributed by atoms with Crippen LogP contribution in [0.2, 0.25) is 0 Å². The van der Waals surface area contributed by atoms with Crippen LogP contribution in [0.25, 0.3) is 0 Å². The molecule has 0 spiro atoms. The predicted octanol–water partition coefficient (Wildman–Crippen LogP) is 1.46. The van der Waals surface area contributed by atoms with Gasteiger partial charge in [0.05, 0.1) is 0 Å². The van der Waals surface area contributed by atoms with E-state index in [4.69, 9.17) is 0 Å². The van der Waals surface area contributed by atoms with Crippen molar-refractivity contribution in [1.82, 2.24) is 0 Å². The predicted molar refractivity (Wildman–Crippen MR) is 27.3 cm³/mol. The summed E-state index contributed by atoms with van der Waals surface area (Å²) >= 11 is 0. The molecule has 0 aliphatic rings. The Labute approximate surface area is 64.5 Å². The molecule has 0 bridgehead atoms. The fraction of sp³-hybridized carbons (Fsp3) is 0.333. The van der Waals surface area contributed by atoms with Crippen LogP contribution in [-0.4, -0.2) is 18.6 Å². The third-order valence-corrected chi connectivity index (χ3v) is 0.819. The standard InChI is InChI=1S/C3HF4O4P/c4-3(5)10-1(8)2(9)11-12(6)7/h3H. The molecule has 12 heavy (non-hydrogen) atoms. The number of carbonyl (C=O) groups is 2. The van der Waals surface area contributed by atoms with E-state index < -0.39 is 27.3 Å². The van der Waals surface area contributed by atoms with Gasteiger partial charge in [-0.25, -0.2) is 9.59 Å². The van der Waals surface area contributed by atoms with Gasteiger partial charge >= 0.3 is 27.3 Å². The van der Waals surface area contributed by atoms with E-state index in [9.17, 15) is 26.8 Å². The number of carbonyl (C=O) groups excluding carboxylic acids is 2. The van der Waals surface area contributed by atoms with Crippen LogP contribution in [0.15, 0.2) is 0 Å². The Bertz CT molecular complexity index is 163. The van der Waals surface area contributed by atoms with E-state index >= 15 is 0 Å². The summed E-state index contributed by atoms with van der Waals surface area (Å²) in [4.78, 5) is 20.0. The topological polar surface area (TPSA) is 52.6 Å². The van der Waals surface area contributed by atoms with Crippen LogP contribution in [0.4, 0.5) is 17.2 Å². The highest BCUT2D eigenvalue weighted by Gasteiger charge is 2.25. The van der Waals surface area contributed by atoms with E-state index in [0.29, 0.717) is 0 Å². The van der Waals surface area contributed by atoms with Crippen molar-refractivity contribution in [2.75, 3.05) is 0 Å². The molecular formula is C3HF4O4P. The lowest BCUT2D eigenvalue weighted by Gasteiger charge is -2.00. The fourth-order valence-corrected chi connectivity index (χ4v) is 0.429. The van der Waals surface area contributed by atoms with E-state index in [1.54, 1.807) is 0 Å². The first-order valence-corrected chi connectivity index (χ1v) is 3.30. The highest BCUT2D eigenvalue weighted by Crippen LogP contribution is 2.39. The zero-order valence-electron chi connectivity index (χ0n) is 5.17. The van der Waals surface area contributed by atoms with E-state index in [-0.39, 0.29) is 0 Å². The van der Waals surface area contributed by atoms with Gasteiger partial charge in [0.25, 0.3) is 0 Å². The maximum atomic E-state index is 11.2. The van der Waals surface area contributed by atoms with Crippen molar-refractivity contribution < 1.29 is 36.0 Å². The maximum Gasteiger partial charge on any atom is 0.484 e. The molecule has 9 heteroatoms. The first-order valence-electron chi connectivity index (χ1n) is 2.26. The molecule has 4 nitrogen and oxygen atoms in total. The highest BCUT2D eigenvalue weighted by atomic mass is 31.2. The largest absolute Gasteiger partial charge is 0.484 e. The second-order valence-corrected chi connectivity index (χ2v) is 1.83. The molecule has 0 saturated carbocycles. The number of halogens is 4. The van der Waals surface area contributed by atoms with Crippen molar-refractivity contribution in [3.8, 4) is 0 Å². The first kappa shape index (κ1) is 11.1. The van der Waals surface area contributed by atoms with E-state index in [0.717, 1.165) is 0 Å². The van der Waals surface area contributed by atoms with Crippen LogP contribution >= 0.6 is 8.77 Å². The van der Waals surface area contributed by atoms with Gasteiger partial charge in [-0.1, -0.05) is 0 Å². The van der Waals surface area contributed by atoms with Gasteiger partial charge in [0.1, 0.15) is 0 Å². The normalized spacial score (nSPS) is 10.2. The lowest BCUT2D eigenvalue weighted by atomic mass is 10.7. The lowest BCUT2D eigenvalue weighted by molar-refractivity contribution is -0.185. The summed E-state index contributed by atoms with van der Waals surface area (Å²) in [5.41, 5.74) is 0. The average molecular weight is 208 g/mol. The molecule has 0 amide bonds. The molecule has 70 valence electrons. The second kappa shape index (κ2) is 4.87. The number of ether oxygens (including phenoxy) is 1. The van der Waals surface area contributed by atoms with Crippen molar-refractivity contribution in [3.63, 3.8) is 0 Å². The van der Waals surface area contributed by atoms with Crippen molar-refractivity contribution in [2.24, 2.45) is 0 Å². The van der Waals surface area contributed by atoms with Crippen LogP contribution in [0.5, 0.6) is 0 Å². The zero-order chi connectivity index (χ0) is 9.72. The molecule has 0 atom stereocenters. The third-order valence-electron chi connectivity index (χ3n) is 0.515. The summed E-state index contributed by atoms with van der Waals surface area (Å²) in [6.07, 6.45) is 0. The minimum absolute atomic E-state index is 2.13. The van der Waals surface area contributed by atoms with Crippen molar-refractivity contribution in [3.05, 3.63) is 0 Å². The van der Waals surface area contributed by atoms with Gasteiger partial charge in [-0.15, -0.1) is 8.39 Å². The number of alkyl halides is 2. The Balaban J connectivity index is 3.86. The van der Waals surface area contributed by atoms with Gasteiger partial charge in [0.2, 0.25) is 0 Å². The molecule has 0 aromatic heterocycles. The summed E-state index contributed by atoms with van der Waals surface area (Å²) < 4.78 is 50.7. The van der Waals surface area contributed by atoms with E-state index in [2.05, 4.69) is 9.26 Å². The summed E-state index contributed by atoms with van der Waals surface area (Å²) in [6.45, 7) is -3.53. The highest BCUT2D eigenvalue weighted by molar-refractivity contribution is 7.41. The molecule has 0 aliphatic heterocycles. The molecule has 0 fully saturated rings. The Morgan fingerprint density at radius 3 is 2.00 bits per heavy atom. The van der Waals surface area contributed by atoms with Crippen LogP contribution < -0.4 is 0 Å². The van der Waals surface area contributed by atoms with Crippen LogP contribution in [0, 0.1) is 0 Å².